The number of hydrogen-bond donors (Lipinski definition) is 0. The lowest BCUT2D eigenvalue weighted by Crippen LogP contribution is -2.09. The minimum Gasteiger partial charge on any atom is -0.353 e. The van der Waals surface area contributed by atoms with Gasteiger partial charge in [-0.05, 0) is 37.8 Å². The van der Waals surface area contributed by atoms with Gasteiger partial charge in [-0.15, -0.1) is 0 Å². The summed E-state index contributed by atoms with van der Waals surface area (Å²) in [6.07, 6.45) is 7.52. The first-order valence-corrected chi connectivity index (χ1v) is 5.15. The molecule has 2 rings (SSSR count). The third kappa shape index (κ3) is 1.68. The number of nitriles is 1. The van der Waals surface area contributed by atoms with Crippen molar-refractivity contribution in [2.75, 3.05) is 0 Å². The van der Waals surface area contributed by atoms with E-state index in [0.717, 1.165) is 6.54 Å². The van der Waals surface area contributed by atoms with Gasteiger partial charge in [-0.3, -0.25) is 0 Å². The van der Waals surface area contributed by atoms with Crippen molar-refractivity contribution in [2.45, 2.75) is 39.7 Å². The zero-order valence-corrected chi connectivity index (χ0v) is 8.88. The highest BCUT2D eigenvalue weighted by molar-refractivity contribution is 5.21. The SMILES string of the molecule is Cc1cn(CC2(CC#N)CC2)cc1C. The van der Waals surface area contributed by atoms with E-state index in [1.165, 1.54) is 24.0 Å². The average Bonchev–Trinajstić information content (AvgIpc) is 2.77. The summed E-state index contributed by atoms with van der Waals surface area (Å²) in [5.74, 6) is 0. The van der Waals surface area contributed by atoms with Gasteiger partial charge in [0.2, 0.25) is 0 Å². The third-order valence-electron chi connectivity index (χ3n) is 3.27. The van der Waals surface area contributed by atoms with Crippen LogP contribution in [0.15, 0.2) is 12.4 Å². The Morgan fingerprint density at radius 3 is 2.36 bits per heavy atom. The fraction of sp³-hybridized carbons (Fsp3) is 0.583. The van der Waals surface area contributed by atoms with Crippen LogP contribution in [-0.4, -0.2) is 4.57 Å². The van der Waals surface area contributed by atoms with E-state index in [1.54, 1.807) is 0 Å². The molecule has 1 saturated carbocycles. The highest BCUT2D eigenvalue weighted by Gasteiger charge is 2.42. The lowest BCUT2D eigenvalue weighted by Gasteiger charge is -2.11. The quantitative estimate of drug-likeness (QED) is 0.717. The zero-order chi connectivity index (χ0) is 10.2. The molecule has 0 atom stereocenters. The molecule has 0 radical (unpaired) electrons. The van der Waals surface area contributed by atoms with Crippen LogP contribution in [-0.2, 0) is 6.54 Å². The van der Waals surface area contributed by atoms with Crippen LogP contribution < -0.4 is 0 Å². The lowest BCUT2D eigenvalue weighted by molar-refractivity contribution is 0.432. The minimum absolute atomic E-state index is 0.312. The molecule has 0 spiro atoms. The fourth-order valence-electron chi connectivity index (χ4n) is 1.95. The molecule has 0 N–H and O–H groups in total. The van der Waals surface area contributed by atoms with Crippen LogP contribution in [0.2, 0.25) is 0 Å². The van der Waals surface area contributed by atoms with Gasteiger partial charge in [0.15, 0.2) is 0 Å². The molecular formula is C12H16N2. The van der Waals surface area contributed by atoms with Crippen molar-refractivity contribution in [1.82, 2.24) is 4.57 Å². The molecule has 1 aliphatic carbocycles. The molecule has 0 aliphatic heterocycles. The molecule has 0 aromatic carbocycles. The van der Waals surface area contributed by atoms with Crippen LogP contribution in [0.1, 0.15) is 30.4 Å². The van der Waals surface area contributed by atoms with Gasteiger partial charge >= 0.3 is 0 Å². The minimum atomic E-state index is 0.312. The Bertz CT molecular complexity index is 358. The van der Waals surface area contributed by atoms with Crippen molar-refractivity contribution in [3.05, 3.63) is 23.5 Å². The Kier molecular flexibility index (Phi) is 2.11. The summed E-state index contributed by atoms with van der Waals surface area (Å²) < 4.78 is 2.25. The topological polar surface area (TPSA) is 28.7 Å². The fourth-order valence-corrected chi connectivity index (χ4v) is 1.95. The molecular weight excluding hydrogens is 172 g/mol. The van der Waals surface area contributed by atoms with Crippen LogP contribution in [0.3, 0.4) is 0 Å². The van der Waals surface area contributed by atoms with E-state index >= 15 is 0 Å². The van der Waals surface area contributed by atoms with Gasteiger partial charge in [-0.1, -0.05) is 0 Å². The van der Waals surface area contributed by atoms with Gasteiger partial charge in [0.25, 0.3) is 0 Å². The van der Waals surface area contributed by atoms with Crippen LogP contribution in [0, 0.1) is 30.6 Å². The molecule has 2 nitrogen and oxygen atoms in total. The molecule has 1 aromatic rings. The van der Waals surface area contributed by atoms with Gasteiger partial charge in [-0.25, -0.2) is 0 Å². The van der Waals surface area contributed by atoms with Crippen molar-refractivity contribution >= 4 is 0 Å². The number of aromatic nitrogens is 1. The maximum Gasteiger partial charge on any atom is 0.0628 e. The normalized spacial score (nSPS) is 17.8. The van der Waals surface area contributed by atoms with Gasteiger partial charge in [0.05, 0.1) is 6.07 Å². The summed E-state index contributed by atoms with van der Waals surface area (Å²) in [5.41, 5.74) is 3.00. The predicted octanol–water partition coefficient (Wildman–Crippen LogP) is 2.80. The highest BCUT2D eigenvalue weighted by Crippen LogP contribution is 2.50. The predicted molar refractivity (Wildman–Crippen MR) is 55.8 cm³/mol. The number of rotatable bonds is 3. The largest absolute Gasteiger partial charge is 0.353 e. The van der Waals surface area contributed by atoms with E-state index in [0.29, 0.717) is 11.8 Å². The Morgan fingerprint density at radius 2 is 1.93 bits per heavy atom. The molecule has 74 valence electrons. The molecule has 1 heterocycles. The molecule has 0 unspecified atom stereocenters. The summed E-state index contributed by atoms with van der Waals surface area (Å²) in [4.78, 5) is 0. The second-order valence-electron chi connectivity index (χ2n) is 4.63. The molecule has 1 fully saturated rings. The zero-order valence-electron chi connectivity index (χ0n) is 8.88. The Morgan fingerprint density at radius 1 is 1.36 bits per heavy atom. The molecule has 0 amide bonds. The Hall–Kier alpha value is -1.23. The van der Waals surface area contributed by atoms with Crippen molar-refractivity contribution in [3.63, 3.8) is 0 Å². The van der Waals surface area contributed by atoms with Crippen molar-refractivity contribution in [3.8, 4) is 6.07 Å². The van der Waals surface area contributed by atoms with E-state index in [1.807, 2.05) is 0 Å². The molecule has 0 saturated heterocycles. The van der Waals surface area contributed by atoms with Crippen LogP contribution >= 0.6 is 0 Å². The van der Waals surface area contributed by atoms with Crippen LogP contribution in [0.5, 0.6) is 0 Å². The van der Waals surface area contributed by atoms with E-state index in [-0.39, 0.29) is 0 Å². The van der Waals surface area contributed by atoms with Crippen LogP contribution in [0.4, 0.5) is 0 Å². The van der Waals surface area contributed by atoms with Crippen molar-refractivity contribution in [1.29, 1.82) is 5.26 Å². The average molecular weight is 188 g/mol. The van der Waals surface area contributed by atoms with Gasteiger partial charge in [0, 0.05) is 30.8 Å². The molecule has 2 heteroatoms. The number of nitrogens with zero attached hydrogens (tertiary/aromatic N) is 2. The summed E-state index contributed by atoms with van der Waals surface area (Å²) in [5, 5.41) is 8.72. The first kappa shape index (κ1) is 9.33. The maximum absolute atomic E-state index is 8.72. The highest BCUT2D eigenvalue weighted by atomic mass is 15.0. The smallest absolute Gasteiger partial charge is 0.0628 e. The van der Waals surface area contributed by atoms with E-state index in [2.05, 4.69) is 36.9 Å². The van der Waals surface area contributed by atoms with E-state index < -0.39 is 0 Å². The van der Waals surface area contributed by atoms with Crippen molar-refractivity contribution in [2.24, 2.45) is 5.41 Å². The van der Waals surface area contributed by atoms with Gasteiger partial charge in [0.1, 0.15) is 0 Å². The number of hydrogen-bond acceptors (Lipinski definition) is 1. The molecule has 0 bridgehead atoms. The second kappa shape index (κ2) is 3.16. The number of aryl methyl sites for hydroxylation is 2. The standard InChI is InChI=1S/C12H16N2/c1-10-7-14(8-11(10)2)9-12(3-4-12)5-6-13/h7-8H,3-5,9H2,1-2H3. The Balaban J connectivity index is 2.08. The monoisotopic (exact) mass is 188 g/mol. The Labute approximate surface area is 85.2 Å². The van der Waals surface area contributed by atoms with Gasteiger partial charge in [-0.2, -0.15) is 5.26 Å². The van der Waals surface area contributed by atoms with Gasteiger partial charge < -0.3 is 4.57 Å². The maximum atomic E-state index is 8.72. The molecule has 1 aromatic heterocycles. The van der Waals surface area contributed by atoms with Crippen molar-refractivity contribution < 1.29 is 0 Å². The third-order valence-corrected chi connectivity index (χ3v) is 3.27. The lowest BCUT2D eigenvalue weighted by atomic mass is 10.0. The van der Waals surface area contributed by atoms with Crippen LogP contribution in [0.25, 0.3) is 0 Å². The molecule has 14 heavy (non-hydrogen) atoms. The second-order valence-corrected chi connectivity index (χ2v) is 4.63. The summed E-state index contributed by atoms with van der Waals surface area (Å²) in [6.45, 7) is 5.29. The summed E-state index contributed by atoms with van der Waals surface area (Å²) >= 11 is 0. The summed E-state index contributed by atoms with van der Waals surface area (Å²) in [7, 11) is 0. The summed E-state index contributed by atoms with van der Waals surface area (Å²) in [6, 6.07) is 2.30. The van der Waals surface area contributed by atoms with E-state index in [9.17, 15) is 0 Å². The first-order valence-electron chi connectivity index (χ1n) is 5.15. The van der Waals surface area contributed by atoms with E-state index in [4.69, 9.17) is 5.26 Å². The first-order chi connectivity index (χ1) is 6.65. The molecule has 1 aliphatic rings.